The van der Waals surface area contributed by atoms with Gasteiger partial charge in [0.2, 0.25) is 10.0 Å². The largest absolute Gasteiger partial charge is 0.506 e. The minimum atomic E-state index is -3.49. The van der Waals surface area contributed by atoms with Crippen LogP contribution in [0.4, 0.5) is 0 Å². The number of hydrogen-bond donors (Lipinski definition) is 1. The molecule has 1 saturated heterocycles. The number of nitrogens with zero attached hydrogens (tertiary/aromatic N) is 3. The van der Waals surface area contributed by atoms with Crippen LogP contribution in [-0.4, -0.2) is 35.5 Å². The Morgan fingerprint density at radius 1 is 1.27 bits per heavy atom. The summed E-state index contributed by atoms with van der Waals surface area (Å²) in [5, 5.41) is 19.2. The Kier molecular flexibility index (Phi) is 3.81. The highest BCUT2D eigenvalue weighted by Crippen LogP contribution is 2.31. The first-order chi connectivity index (χ1) is 10.5. The predicted molar refractivity (Wildman–Crippen MR) is 81.8 cm³/mol. The van der Waals surface area contributed by atoms with Crippen LogP contribution in [0.25, 0.3) is 10.9 Å². The third-order valence-corrected chi connectivity index (χ3v) is 5.89. The number of aryl methyl sites for hydroxylation is 1. The van der Waals surface area contributed by atoms with E-state index < -0.39 is 10.0 Å². The van der Waals surface area contributed by atoms with Crippen LogP contribution in [0.2, 0.25) is 0 Å². The number of fused-ring (bicyclic) bond motifs is 1. The molecule has 0 unspecified atom stereocenters. The van der Waals surface area contributed by atoms with Crippen molar-refractivity contribution in [2.45, 2.75) is 30.7 Å². The van der Waals surface area contributed by atoms with Crippen molar-refractivity contribution in [2.75, 3.05) is 13.1 Å². The Bertz CT molecular complexity index is 843. The summed E-state index contributed by atoms with van der Waals surface area (Å²) in [4.78, 5) is 0.204. The molecular formula is C15H17N3O3S. The molecule has 1 aliphatic rings. The fraction of sp³-hybridized carbons (Fsp3) is 0.400. The first-order valence-electron chi connectivity index (χ1n) is 7.23. The van der Waals surface area contributed by atoms with Gasteiger partial charge in [0.25, 0.3) is 0 Å². The van der Waals surface area contributed by atoms with Crippen LogP contribution in [0.5, 0.6) is 5.75 Å². The van der Waals surface area contributed by atoms with Gasteiger partial charge in [-0.1, -0.05) is 0 Å². The van der Waals surface area contributed by atoms with E-state index in [0.717, 1.165) is 18.4 Å². The number of benzene rings is 1. The Hall–Kier alpha value is -2.04. The van der Waals surface area contributed by atoms with Crippen LogP contribution >= 0.6 is 0 Å². The summed E-state index contributed by atoms with van der Waals surface area (Å²) in [5.74, 6) is 0.0337. The van der Waals surface area contributed by atoms with Gasteiger partial charge in [0.15, 0.2) is 0 Å². The number of hydrogen-bond acceptors (Lipinski definition) is 4. The molecule has 1 aliphatic heterocycles. The van der Waals surface area contributed by atoms with Crippen molar-refractivity contribution < 1.29 is 13.5 Å². The zero-order valence-electron chi connectivity index (χ0n) is 12.1. The molecule has 0 bridgehead atoms. The van der Waals surface area contributed by atoms with E-state index in [1.807, 2.05) is 0 Å². The molecule has 1 aromatic carbocycles. The first-order valence-corrected chi connectivity index (χ1v) is 8.67. The number of rotatable bonds is 4. The van der Waals surface area contributed by atoms with Crippen molar-refractivity contribution in [1.29, 1.82) is 5.26 Å². The summed E-state index contributed by atoms with van der Waals surface area (Å²) in [6.45, 7) is 1.57. The average Bonchev–Trinajstić information content (AvgIpc) is 3.14. The average molecular weight is 319 g/mol. The van der Waals surface area contributed by atoms with E-state index in [1.165, 1.54) is 16.6 Å². The van der Waals surface area contributed by atoms with Crippen LogP contribution in [0.1, 0.15) is 19.3 Å². The summed E-state index contributed by atoms with van der Waals surface area (Å²) < 4.78 is 28.4. The topological polar surface area (TPSA) is 86.3 Å². The van der Waals surface area contributed by atoms with Crippen molar-refractivity contribution in [1.82, 2.24) is 8.87 Å². The van der Waals surface area contributed by atoms with Crippen LogP contribution in [0.15, 0.2) is 29.3 Å². The van der Waals surface area contributed by atoms with Crippen LogP contribution < -0.4 is 0 Å². The molecule has 2 heterocycles. The van der Waals surface area contributed by atoms with Crippen LogP contribution in [0, 0.1) is 11.3 Å². The van der Waals surface area contributed by atoms with E-state index >= 15 is 0 Å². The minimum Gasteiger partial charge on any atom is -0.506 e. The highest BCUT2D eigenvalue weighted by molar-refractivity contribution is 7.89. The fourth-order valence-corrected chi connectivity index (χ4v) is 4.39. The van der Waals surface area contributed by atoms with E-state index in [9.17, 15) is 13.5 Å². The quantitative estimate of drug-likeness (QED) is 0.934. The second-order valence-corrected chi connectivity index (χ2v) is 7.34. The second kappa shape index (κ2) is 5.63. The minimum absolute atomic E-state index is 0.0337. The van der Waals surface area contributed by atoms with E-state index in [4.69, 9.17) is 5.26 Å². The molecule has 1 fully saturated rings. The molecule has 2 aromatic rings. The summed E-state index contributed by atoms with van der Waals surface area (Å²) >= 11 is 0. The van der Waals surface area contributed by atoms with E-state index in [1.54, 1.807) is 16.7 Å². The van der Waals surface area contributed by atoms with Crippen LogP contribution in [-0.2, 0) is 16.6 Å². The number of sulfonamides is 1. The predicted octanol–water partition coefficient (Wildman–Crippen LogP) is 2.05. The van der Waals surface area contributed by atoms with Gasteiger partial charge in [0.05, 0.1) is 22.9 Å². The first kappa shape index (κ1) is 14.9. The third-order valence-electron chi connectivity index (χ3n) is 4.00. The van der Waals surface area contributed by atoms with Crippen molar-refractivity contribution in [3.8, 4) is 11.8 Å². The number of aromatic nitrogens is 1. The number of aromatic hydroxyl groups is 1. The highest BCUT2D eigenvalue weighted by Gasteiger charge is 2.27. The zero-order valence-corrected chi connectivity index (χ0v) is 12.9. The molecule has 22 heavy (non-hydrogen) atoms. The van der Waals surface area contributed by atoms with E-state index in [0.29, 0.717) is 31.4 Å². The normalized spacial score (nSPS) is 16.1. The maximum atomic E-state index is 12.6. The Morgan fingerprint density at radius 2 is 2.00 bits per heavy atom. The zero-order chi connectivity index (χ0) is 15.7. The molecule has 0 radical (unpaired) electrons. The molecule has 0 saturated carbocycles. The Balaban J connectivity index is 2.03. The lowest BCUT2D eigenvalue weighted by molar-refractivity contribution is 0.476. The lowest BCUT2D eigenvalue weighted by Crippen LogP contribution is -2.27. The summed E-state index contributed by atoms with van der Waals surface area (Å²) in [6, 6.07) is 6.83. The molecule has 0 amide bonds. The number of nitriles is 1. The van der Waals surface area contributed by atoms with Gasteiger partial charge in [0, 0.05) is 31.2 Å². The molecule has 1 N–H and O–H groups in total. The monoisotopic (exact) mass is 319 g/mol. The standard InChI is InChI=1S/C15H17N3O3S/c16-6-3-7-17-11-15(19)13-10-12(4-5-14(13)17)22(20,21)18-8-1-2-9-18/h4-5,10-11,19H,1-3,7-9H2. The van der Waals surface area contributed by atoms with Gasteiger partial charge in [-0.25, -0.2) is 8.42 Å². The molecule has 0 atom stereocenters. The Morgan fingerprint density at radius 3 is 2.68 bits per heavy atom. The van der Waals surface area contributed by atoms with Gasteiger partial charge in [-0.2, -0.15) is 9.57 Å². The second-order valence-electron chi connectivity index (χ2n) is 5.41. The van der Waals surface area contributed by atoms with Gasteiger partial charge in [0.1, 0.15) is 5.75 Å². The molecule has 0 spiro atoms. The molecular weight excluding hydrogens is 302 g/mol. The molecule has 0 aliphatic carbocycles. The highest BCUT2D eigenvalue weighted by atomic mass is 32.2. The fourth-order valence-electron chi connectivity index (χ4n) is 2.85. The van der Waals surface area contributed by atoms with Crippen molar-refractivity contribution in [3.63, 3.8) is 0 Å². The third kappa shape index (κ3) is 2.45. The van der Waals surface area contributed by atoms with E-state index in [2.05, 4.69) is 6.07 Å². The lowest BCUT2D eigenvalue weighted by Gasteiger charge is -2.15. The van der Waals surface area contributed by atoms with Crippen molar-refractivity contribution in [2.24, 2.45) is 0 Å². The lowest BCUT2D eigenvalue weighted by atomic mass is 10.2. The van der Waals surface area contributed by atoms with Gasteiger partial charge < -0.3 is 9.67 Å². The SMILES string of the molecule is N#CCCn1cc(O)c2cc(S(=O)(=O)N3CCCC3)ccc21. The van der Waals surface area contributed by atoms with Gasteiger partial charge in [-0.3, -0.25) is 0 Å². The summed E-state index contributed by atoms with van der Waals surface area (Å²) in [7, 11) is -3.49. The maximum Gasteiger partial charge on any atom is 0.243 e. The van der Waals surface area contributed by atoms with E-state index in [-0.39, 0.29) is 10.6 Å². The maximum absolute atomic E-state index is 12.6. The van der Waals surface area contributed by atoms with Crippen molar-refractivity contribution >= 4 is 20.9 Å². The summed E-state index contributed by atoms with van der Waals surface area (Å²) in [5.41, 5.74) is 0.730. The van der Waals surface area contributed by atoms with Crippen LogP contribution in [0.3, 0.4) is 0 Å². The van der Waals surface area contributed by atoms with Crippen molar-refractivity contribution in [3.05, 3.63) is 24.4 Å². The van der Waals surface area contributed by atoms with Gasteiger partial charge in [-0.15, -0.1) is 0 Å². The van der Waals surface area contributed by atoms with Gasteiger partial charge >= 0.3 is 0 Å². The molecule has 7 heteroatoms. The molecule has 1 aromatic heterocycles. The Labute approximate surface area is 129 Å². The smallest absolute Gasteiger partial charge is 0.243 e. The molecule has 3 rings (SSSR count). The summed E-state index contributed by atoms with van der Waals surface area (Å²) in [6.07, 6.45) is 3.64. The molecule has 6 nitrogen and oxygen atoms in total. The van der Waals surface area contributed by atoms with Gasteiger partial charge in [-0.05, 0) is 31.0 Å². The molecule has 116 valence electrons.